The van der Waals surface area contributed by atoms with Gasteiger partial charge in [-0.2, -0.15) is 4.98 Å². The van der Waals surface area contributed by atoms with Gasteiger partial charge in [-0.15, -0.1) is 0 Å². The number of hydrogen-bond donors (Lipinski definition) is 2. The molecule has 1 amide bonds. The number of carbonyl (C=O) groups is 1. The minimum absolute atomic E-state index is 0.0106. The van der Waals surface area contributed by atoms with Crippen LogP contribution in [0.1, 0.15) is 46.9 Å². The van der Waals surface area contributed by atoms with Crippen LogP contribution >= 0.6 is 11.6 Å². The maximum absolute atomic E-state index is 13.8. The minimum atomic E-state index is -0.516. The number of anilines is 3. The van der Waals surface area contributed by atoms with Crippen LogP contribution in [0.5, 0.6) is 0 Å². The van der Waals surface area contributed by atoms with Gasteiger partial charge in [0.25, 0.3) is 17.0 Å². The Morgan fingerprint density at radius 3 is 2.51 bits per heavy atom. The second-order valence-electron chi connectivity index (χ2n) is 12.0. The molecule has 13 heteroatoms. The number of hydrogen-bond acceptors (Lipinski definition) is 9. The highest BCUT2D eigenvalue weighted by Crippen LogP contribution is 2.24. The van der Waals surface area contributed by atoms with Crippen LogP contribution in [0.4, 0.5) is 17.3 Å². The molecule has 1 fully saturated rings. The molecule has 0 atom stereocenters. The third-order valence-corrected chi connectivity index (χ3v) is 8.57. The lowest BCUT2D eigenvalue weighted by atomic mass is 10.1. The number of ether oxygens (including phenoxy) is 1. The first-order valence-electron chi connectivity index (χ1n) is 16.1. The van der Waals surface area contributed by atoms with E-state index in [-0.39, 0.29) is 30.3 Å². The normalized spacial score (nSPS) is 13.4. The third-order valence-electron chi connectivity index (χ3n) is 8.34. The SMILES string of the molecule is Cc1c(/C=C/CNC(=O)c2cccn(Cc3ccc(Cl)nc3)c2=O)c(=O)n(C(C)C)c2nc(Nc3ccc(N4CCOCC4)cc3)ncc12. The van der Waals surface area contributed by atoms with Crippen molar-refractivity contribution in [2.45, 2.75) is 33.4 Å². The fourth-order valence-electron chi connectivity index (χ4n) is 5.75. The van der Waals surface area contributed by atoms with Crippen molar-refractivity contribution in [2.75, 3.05) is 43.1 Å². The maximum atomic E-state index is 13.8. The van der Waals surface area contributed by atoms with Crippen molar-refractivity contribution in [1.82, 2.24) is 29.4 Å². The third kappa shape index (κ3) is 7.55. The molecular weight excluding hydrogens is 644 g/mol. The van der Waals surface area contributed by atoms with E-state index in [1.807, 2.05) is 32.9 Å². The number of fused-ring (bicyclic) bond motifs is 1. The highest BCUT2D eigenvalue weighted by atomic mass is 35.5. The van der Waals surface area contributed by atoms with E-state index < -0.39 is 11.5 Å². The Balaban J connectivity index is 1.17. The van der Waals surface area contributed by atoms with Crippen LogP contribution < -0.4 is 26.7 Å². The summed E-state index contributed by atoms with van der Waals surface area (Å²) in [5.74, 6) is -0.132. The zero-order valence-electron chi connectivity index (χ0n) is 27.5. The minimum Gasteiger partial charge on any atom is -0.378 e. The van der Waals surface area contributed by atoms with Gasteiger partial charge < -0.3 is 24.8 Å². The average molecular weight is 681 g/mol. The molecule has 4 aromatic heterocycles. The molecule has 12 nitrogen and oxygen atoms in total. The molecule has 0 spiro atoms. The van der Waals surface area contributed by atoms with E-state index in [4.69, 9.17) is 21.3 Å². The second kappa shape index (κ2) is 14.8. The van der Waals surface area contributed by atoms with Crippen molar-refractivity contribution in [3.05, 3.63) is 121 Å². The first-order valence-corrected chi connectivity index (χ1v) is 16.4. The van der Waals surface area contributed by atoms with Gasteiger partial charge in [0.2, 0.25) is 5.95 Å². The number of nitrogens with zero attached hydrogens (tertiary/aromatic N) is 6. The number of morpholine rings is 1. The topological polar surface area (TPSA) is 136 Å². The van der Waals surface area contributed by atoms with E-state index in [2.05, 4.69) is 37.6 Å². The summed E-state index contributed by atoms with van der Waals surface area (Å²) < 4.78 is 8.54. The van der Waals surface area contributed by atoms with E-state index in [9.17, 15) is 14.4 Å². The van der Waals surface area contributed by atoms with Crippen LogP contribution in [0.3, 0.4) is 0 Å². The molecule has 49 heavy (non-hydrogen) atoms. The lowest BCUT2D eigenvalue weighted by molar-refractivity contribution is 0.0956. The molecule has 6 rings (SSSR count). The summed E-state index contributed by atoms with van der Waals surface area (Å²) in [5, 5.41) is 7.12. The zero-order chi connectivity index (χ0) is 34.5. The Morgan fingerprint density at radius 1 is 1.02 bits per heavy atom. The maximum Gasteiger partial charge on any atom is 0.263 e. The molecule has 1 saturated heterocycles. The summed E-state index contributed by atoms with van der Waals surface area (Å²) in [6.45, 7) is 9.24. The van der Waals surface area contributed by atoms with Gasteiger partial charge in [0.1, 0.15) is 16.4 Å². The Labute approximate surface area is 288 Å². The molecule has 0 aliphatic carbocycles. The Hall–Kier alpha value is -5.33. The number of halogens is 1. The number of benzene rings is 1. The molecule has 0 saturated carbocycles. The molecule has 0 bridgehead atoms. The van der Waals surface area contributed by atoms with Gasteiger partial charge >= 0.3 is 0 Å². The monoisotopic (exact) mass is 680 g/mol. The quantitative estimate of drug-likeness (QED) is 0.196. The predicted molar refractivity (Wildman–Crippen MR) is 192 cm³/mol. The van der Waals surface area contributed by atoms with Crippen LogP contribution in [0.15, 0.2) is 82.8 Å². The fraction of sp³-hybridized carbons (Fsp3) is 0.278. The fourth-order valence-corrected chi connectivity index (χ4v) is 5.86. The number of amides is 1. The van der Waals surface area contributed by atoms with Gasteiger partial charge in [-0.1, -0.05) is 29.8 Å². The first-order chi connectivity index (χ1) is 23.7. The van der Waals surface area contributed by atoms with Gasteiger partial charge in [0.05, 0.1) is 19.8 Å². The smallest absolute Gasteiger partial charge is 0.263 e. The van der Waals surface area contributed by atoms with Gasteiger partial charge in [-0.25, -0.2) is 9.97 Å². The Kier molecular flexibility index (Phi) is 10.2. The first kappa shape index (κ1) is 33.6. The summed E-state index contributed by atoms with van der Waals surface area (Å²) in [6, 6.07) is 14.5. The van der Waals surface area contributed by atoms with Crippen molar-refractivity contribution in [2.24, 2.45) is 0 Å². The molecule has 5 aromatic rings. The van der Waals surface area contributed by atoms with Crippen LogP contribution in [0, 0.1) is 6.92 Å². The molecule has 1 aliphatic rings. The molecule has 5 heterocycles. The van der Waals surface area contributed by atoms with E-state index in [0.717, 1.165) is 54.2 Å². The van der Waals surface area contributed by atoms with Crippen molar-refractivity contribution >= 4 is 51.9 Å². The van der Waals surface area contributed by atoms with Crippen LogP contribution in [-0.2, 0) is 11.3 Å². The summed E-state index contributed by atoms with van der Waals surface area (Å²) in [7, 11) is 0. The summed E-state index contributed by atoms with van der Waals surface area (Å²) in [4.78, 5) is 55.4. The highest BCUT2D eigenvalue weighted by molar-refractivity contribution is 6.29. The Morgan fingerprint density at radius 2 is 1.80 bits per heavy atom. The number of aryl methyl sites for hydroxylation is 1. The predicted octanol–water partition coefficient (Wildman–Crippen LogP) is 4.96. The zero-order valence-corrected chi connectivity index (χ0v) is 28.3. The van der Waals surface area contributed by atoms with Crippen LogP contribution in [0.2, 0.25) is 5.15 Å². The molecular formula is C36H37ClN8O4. The summed E-state index contributed by atoms with van der Waals surface area (Å²) in [5.41, 5.74) is 3.84. The molecule has 0 unspecified atom stereocenters. The van der Waals surface area contributed by atoms with E-state index >= 15 is 0 Å². The van der Waals surface area contributed by atoms with Crippen molar-refractivity contribution in [3.63, 3.8) is 0 Å². The summed E-state index contributed by atoms with van der Waals surface area (Å²) >= 11 is 5.86. The molecule has 1 aliphatic heterocycles. The van der Waals surface area contributed by atoms with E-state index in [1.165, 1.54) is 10.6 Å². The van der Waals surface area contributed by atoms with Gasteiger partial charge in [0, 0.05) is 66.6 Å². The molecule has 2 N–H and O–H groups in total. The van der Waals surface area contributed by atoms with Crippen molar-refractivity contribution in [1.29, 1.82) is 0 Å². The lowest BCUT2D eigenvalue weighted by Crippen LogP contribution is -2.36. The van der Waals surface area contributed by atoms with Gasteiger partial charge in [0.15, 0.2) is 0 Å². The number of nitrogens with one attached hydrogen (secondary N) is 2. The molecule has 0 radical (unpaired) electrons. The number of pyridine rings is 3. The highest BCUT2D eigenvalue weighted by Gasteiger charge is 2.18. The standard InChI is InChI=1S/C36H37ClN8O4/c1-23(2)45-32-30(21-40-36(42-32)41-26-9-11-27(12-10-26)43-16-18-49-19-17-43)24(3)28(35(45)48)6-4-14-38-33(46)29-7-5-15-44(34(29)47)22-25-8-13-31(37)39-20-25/h4-13,15,20-21,23H,14,16-19,22H2,1-3H3,(H,38,46)(H,40,41,42)/b6-4+. The number of aromatic nitrogens is 5. The Bertz CT molecular complexity index is 2120. The average Bonchev–Trinajstić information content (AvgIpc) is 3.10. The second-order valence-corrected chi connectivity index (χ2v) is 12.4. The number of carbonyl (C=O) groups excluding carboxylic acids is 1. The molecule has 252 valence electrons. The molecule has 1 aromatic carbocycles. The van der Waals surface area contributed by atoms with Crippen LogP contribution in [0.25, 0.3) is 17.1 Å². The van der Waals surface area contributed by atoms with Crippen molar-refractivity contribution in [3.8, 4) is 0 Å². The lowest BCUT2D eigenvalue weighted by Gasteiger charge is -2.28. The summed E-state index contributed by atoms with van der Waals surface area (Å²) in [6.07, 6.45) is 8.30. The van der Waals surface area contributed by atoms with E-state index in [0.29, 0.717) is 22.3 Å². The van der Waals surface area contributed by atoms with E-state index in [1.54, 1.807) is 53.5 Å². The largest absolute Gasteiger partial charge is 0.378 e. The van der Waals surface area contributed by atoms with Gasteiger partial charge in [-0.05, 0) is 74.4 Å². The van der Waals surface area contributed by atoms with Gasteiger partial charge in [-0.3, -0.25) is 19.0 Å². The number of rotatable bonds is 10. The van der Waals surface area contributed by atoms with Crippen molar-refractivity contribution < 1.29 is 9.53 Å². The van der Waals surface area contributed by atoms with Crippen LogP contribution in [-0.4, -0.2) is 62.8 Å².